The van der Waals surface area contributed by atoms with Crippen molar-refractivity contribution in [1.29, 1.82) is 0 Å². The maximum atomic E-state index is 12.7. The molecule has 0 aromatic heterocycles. The van der Waals surface area contributed by atoms with Gasteiger partial charge in [-0.15, -0.1) is 0 Å². The summed E-state index contributed by atoms with van der Waals surface area (Å²) < 4.78 is 12.2. The summed E-state index contributed by atoms with van der Waals surface area (Å²) in [6.07, 6.45) is 0.936. The Bertz CT molecular complexity index is 716. The second-order valence-corrected chi connectivity index (χ2v) is 7.09. The van der Waals surface area contributed by atoms with Gasteiger partial charge in [-0.2, -0.15) is 0 Å². The van der Waals surface area contributed by atoms with Crippen LogP contribution in [-0.2, 0) is 0 Å². The first-order valence-corrected chi connectivity index (χ1v) is 9.25. The molecule has 1 N–H and O–H groups in total. The third kappa shape index (κ3) is 6.09. The minimum atomic E-state index is -0.215. The first kappa shape index (κ1) is 19.3. The lowest BCUT2D eigenvalue weighted by Gasteiger charge is -2.14. The van der Waals surface area contributed by atoms with Gasteiger partial charge >= 0.3 is 0 Å². The van der Waals surface area contributed by atoms with Crippen molar-refractivity contribution >= 4 is 27.5 Å². The summed E-state index contributed by atoms with van der Waals surface area (Å²) in [7, 11) is 0. The van der Waals surface area contributed by atoms with Crippen LogP contribution in [0.2, 0.25) is 0 Å². The number of hydrogen-bond acceptors (Lipinski definition) is 3. The molecule has 25 heavy (non-hydrogen) atoms. The molecule has 0 unspecified atom stereocenters. The Labute approximate surface area is 157 Å². The van der Waals surface area contributed by atoms with Crippen LogP contribution in [0.25, 0.3) is 0 Å². The second-order valence-electron chi connectivity index (χ2n) is 6.18. The summed E-state index contributed by atoms with van der Waals surface area (Å²) >= 11 is 3.41. The Morgan fingerprint density at radius 1 is 1.16 bits per heavy atom. The standard InChI is InChI=1S/C20H24BrNO3/c1-4-10-24-17-7-5-6-16(12-17)22-20(23)18-11-15(21)8-9-19(18)25-13-14(2)3/h5-9,11-12,14H,4,10,13H2,1-3H3,(H,22,23). The van der Waals surface area contributed by atoms with Gasteiger partial charge in [0.1, 0.15) is 11.5 Å². The molecule has 0 aliphatic carbocycles. The zero-order chi connectivity index (χ0) is 18.2. The third-order valence-electron chi connectivity index (χ3n) is 3.32. The van der Waals surface area contributed by atoms with Gasteiger partial charge in [0.25, 0.3) is 5.91 Å². The molecule has 0 saturated carbocycles. The summed E-state index contributed by atoms with van der Waals surface area (Å²) in [6.45, 7) is 7.40. The summed E-state index contributed by atoms with van der Waals surface area (Å²) in [5.41, 5.74) is 1.18. The zero-order valence-corrected chi connectivity index (χ0v) is 16.4. The Hall–Kier alpha value is -2.01. The van der Waals surface area contributed by atoms with E-state index in [0.29, 0.717) is 36.1 Å². The molecule has 134 valence electrons. The van der Waals surface area contributed by atoms with Gasteiger partial charge in [-0.3, -0.25) is 4.79 Å². The van der Waals surface area contributed by atoms with Crippen LogP contribution in [0.4, 0.5) is 5.69 Å². The number of hydrogen-bond donors (Lipinski definition) is 1. The van der Waals surface area contributed by atoms with Gasteiger partial charge in [0.2, 0.25) is 0 Å². The molecule has 1 amide bonds. The van der Waals surface area contributed by atoms with Crippen molar-refractivity contribution in [2.45, 2.75) is 27.2 Å². The van der Waals surface area contributed by atoms with Gasteiger partial charge in [-0.25, -0.2) is 0 Å². The van der Waals surface area contributed by atoms with E-state index >= 15 is 0 Å². The molecule has 2 aromatic carbocycles. The zero-order valence-electron chi connectivity index (χ0n) is 14.8. The molecular weight excluding hydrogens is 382 g/mol. The van der Waals surface area contributed by atoms with E-state index in [1.807, 2.05) is 36.4 Å². The average Bonchev–Trinajstić information content (AvgIpc) is 2.59. The van der Waals surface area contributed by atoms with Gasteiger partial charge in [0.05, 0.1) is 18.8 Å². The fourth-order valence-corrected chi connectivity index (χ4v) is 2.51. The molecule has 4 nitrogen and oxygen atoms in total. The Morgan fingerprint density at radius 3 is 2.68 bits per heavy atom. The Morgan fingerprint density at radius 2 is 1.96 bits per heavy atom. The molecule has 0 aliphatic rings. The van der Waals surface area contributed by atoms with E-state index in [2.05, 4.69) is 42.0 Å². The predicted octanol–water partition coefficient (Wildman–Crippen LogP) is 5.53. The summed E-state index contributed by atoms with van der Waals surface area (Å²) in [4.78, 5) is 12.7. The number of anilines is 1. The largest absolute Gasteiger partial charge is 0.494 e. The summed E-state index contributed by atoms with van der Waals surface area (Å²) in [5.74, 6) is 1.48. The first-order valence-electron chi connectivity index (χ1n) is 8.46. The maximum absolute atomic E-state index is 12.7. The number of carbonyl (C=O) groups excluding carboxylic acids is 1. The highest BCUT2D eigenvalue weighted by atomic mass is 79.9. The van der Waals surface area contributed by atoms with Crippen molar-refractivity contribution in [2.75, 3.05) is 18.5 Å². The van der Waals surface area contributed by atoms with E-state index in [4.69, 9.17) is 9.47 Å². The van der Waals surface area contributed by atoms with E-state index in [1.165, 1.54) is 0 Å². The number of rotatable bonds is 8. The first-order chi connectivity index (χ1) is 12.0. The lowest BCUT2D eigenvalue weighted by Crippen LogP contribution is -2.15. The lowest BCUT2D eigenvalue weighted by atomic mass is 10.1. The highest BCUT2D eigenvalue weighted by Crippen LogP contribution is 2.26. The topological polar surface area (TPSA) is 47.6 Å². The molecule has 2 aromatic rings. The van der Waals surface area contributed by atoms with Gasteiger partial charge < -0.3 is 14.8 Å². The van der Waals surface area contributed by atoms with Crippen LogP contribution >= 0.6 is 15.9 Å². The van der Waals surface area contributed by atoms with Gasteiger partial charge in [0.15, 0.2) is 0 Å². The fourth-order valence-electron chi connectivity index (χ4n) is 2.14. The number of carbonyl (C=O) groups is 1. The molecule has 0 aliphatic heterocycles. The molecule has 0 heterocycles. The van der Waals surface area contributed by atoms with E-state index in [-0.39, 0.29) is 5.91 Å². The van der Waals surface area contributed by atoms with Crippen LogP contribution in [0.15, 0.2) is 46.9 Å². The van der Waals surface area contributed by atoms with Crippen molar-refractivity contribution in [1.82, 2.24) is 0 Å². The van der Waals surface area contributed by atoms with Crippen LogP contribution < -0.4 is 14.8 Å². The van der Waals surface area contributed by atoms with Crippen molar-refractivity contribution in [3.8, 4) is 11.5 Å². The van der Waals surface area contributed by atoms with E-state index in [1.54, 1.807) is 6.07 Å². The van der Waals surface area contributed by atoms with E-state index < -0.39 is 0 Å². The van der Waals surface area contributed by atoms with Gasteiger partial charge in [-0.1, -0.05) is 42.8 Å². The number of nitrogens with one attached hydrogen (secondary N) is 1. The molecule has 0 bridgehead atoms. The van der Waals surface area contributed by atoms with Crippen molar-refractivity contribution in [2.24, 2.45) is 5.92 Å². The molecule has 0 spiro atoms. The molecule has 0 atom stereocenters. The van der Waals surface area contributed by atoms with Crippen LogP contribution in [0.5, 0.6) is 11.5 Å². The third-order valence-corrected chi connectivity index (χ3v) is 3.82. The fraction of sp³-hybridized carbons (Fsp3) is 0.350. The number of amides is 1. The predicted molar refractivity (Wildman–Crippen MR) is 105 cm³/mol. The molecule has 2 rings (SSSR count). The average molecular weight is 406 g/mol. The van der Waals surface area contributed by atoms with E-state index in [0.717, 1.165) is 16.6 Å². The normalized spacial score (nSPS) is 10.6. The van der Waals surface area contributed by atoms with Crippen LogP contribution in [-0.4, -0.2) is 19.1 Å². The maximum Gasteiger partial charge on any atom is 0.259 e. The van der Waals surface area contributed by atoms with Gasteiger partial charge in [-0.05, 0) is 42.7 Å². The summed E-state index contributed by atoms with van der Waals surface area (Å²) in [6, 6.07) is 12.8. The van der Waals surface area contributed by atoms with Gasteiger partial charge in [0, 0.05) is 16.2 Å². The smallest absolute Gasteiger partial charge is 0.259 e. The molecule has 0 fully saturated rings. The minimum Gasteiger partial charge on any atom is -0.494 e. The lowest BCUT2D eigenvalue weighted by molar-refractivity contribution is 0.102. The summed E-state index contributed by atoms with van der Waals surface area (Å²) in [5, 5.41) is 2.91. The Balaban J connectivity index is 2.16. The molecular formula is C20H24BrNO3. The van der Waals surface area contributed by atoms with Crippen molar-refractivity contribution in [3.05, 3.63) is 52.5 Å². The monoisotopic (exact) mass is 405 g/mol. The van der Waals surface area contributed by atoms with Crippen molar-refractivity contribution < 1.29 is 14.3 Å². The Kier molecular flexibility index (Phi) is 7.31. The van der Waals surface area contributed by atoms with Crippen LogP contribution in [0.3, 0.4) is 0 Å². The van der Waals surface area contributed by atoms with Crippen molar-refractivity contribution in [3.63, 3.8) is 0 Å². The molecule has 0 saturated heterocycles. The number of benzene rings is 2. The second kappa shape index (κ2) is 9.47. The molecule has 5 heteroatoms. The van der Waals surface area contributed by atoms with E-state index in [9.17, 15) is 4.79 Å². The highest BCUT2D eigenvalue weighted by Gasteiger charge is 2.14. The van der Waals surface area contributed by atoms with Crippen LogP contribution in [0, 0.1) is 5.92 Å². The SMILES string of the molecule is CCCOc1cccc(NC(=O)c2cc(Br)ccc2OCC(C)C)c1. The quantitative estimate of drug-likeness (QED) is 0.628. The molecule has 0 radical (unpaired) electrons. The number of ether oxygens (including phenoxy) is 2. The minimum absolute atomic E-state index is 0.215. The number of halogens is 1. The van der Waals surface area contributed by atoms with Crippen LogP contribution in [0.1, 0.15) is 37.6 Å². The highest BCUT2D eigenvalue weighted by molar-refractivity contribution is 9.10.